The first kappa shape index (κ1) is 11.4. The summed E-state index contributed by atoms with van der Waals surface area (Å²) in [6, 6.07) is 14.4. The number of fused-ring (bicyclic) bond motifs is 1. The van der Waals surface area contributed by atoms with E-state index in [1.807, 2.05) is 18.2 Å². The molecular weight excluding hydrogens is 328 g/mol. The summed E-state index contributed by atoms with van der Waals surface area (Å²) in [7, 11) is 0. The van der Waals surface area contributed by atoms with Crippen molar-refractivity contribution in [3.05, 3.63) is 51.4 Å². The van der Waals surface area contributed by atoms with Crippen LogP contribution in [-0.2, 0) is 0 Å². The van der Waals surface area contributed by atoms with Crippen LogP contribution in [0.1, 0.15) is 5.56 Å². The van der Waals surface area contributed by atoms with E-state index in [9.17, 15) is 0 Å². The molecule has 2 aromatic carbocycles. The Kier molecular flexibility index (Phi) is 3.48. The zero-order valence-corrected chi connectivity index (χ0v) is 11.5. The highest BCUT2D eigenvalue weighted by Crippen LogP contribution is 2.28. The molecule has 2 aromatic rings. The fourth-order valence-electron chi connectivity index (χ4n) is 1.59. The van der Waals surface area contributed by atoms with Crippen LogP contribution in [-0.4, -0.2) is 0 Å². The summed E-state index contributed by atoms with van der Waals surface area (Å²) in [5, 5.41) is 2.40. The second kappa shape index (κ2) is 4.86. The van der Waals surface area contributed by atoms with Crippen molar-refractivity contribution in [1.29, 1.82) is 0 Å². The van der Waals surface area contributed by atoms with Crippen LogP contribution < -0.4 is 0 Å². The maximum Gasteiger partial charge on any atom is 0.0766 e. The van der Waals surface area contributed by atoms with Gasteiger partial charge in [-0.05, 0) is 54.3 Å². The van der Waals surface area contributed by atoms with Gasteiger partial charge in [0.05, 0.1) is 8.96 Å². The summed E-state index contributed by atoms with van der Waals surface area (Å²) in [6.07, 6.45) is 5.48. The van der Waals surface area contributed by atoms with Crippen LogP contribution in [0.15, 0.2) is 45.9 Å². The molecule has 0 aliphatic rings. The first-order valence-electron chi connectivity index (χ1n) is 4.73. The highest BCUT2D eigenvalue weighted by atomic mass is 79.9. The van der Waals surface area contributed by atoms with Crippen LogP contribution in [0.5, 0.6) is 0 Å². The third-order valence-electron chi connectivity index (χ3n) is 2.37. The van der Waals surface area contributed by atoms with E-state index in [-0.39, 0.29) is 0 Å². The van der Waals surface area contributed by atoms with Crippen LogP contribution in [0.3, 0.4) is 0 Å². The number of halogens is 2. The molecular formula is C14H8Br2. The van der Waals surface area contributed by atoms with Crippen LogP contribution in [0.4, 0.5) is 0 Å². The standard InChI is InChI=1S/C14H8Br2/c1-2-13(14(15)16)12-8-7-10-5-3-4-6-11(10)9-12/h1,3-9H. The predicted octanol–water partition coefficient (Wildman–Crippen LogP) is 4.93. The Balaban J connectivity index is 2.65. The van der Waals surface area contributed by atoms with Gasteiger partial charge in [0.1, 0.15) is 0 Å². The Morgan fingerprint density at radius 1 is 1.00 bits per heavy atom. The second-order valence-corrected chi connectivity index (χ2v) is 5.99. The Hall–Kier alpha value is -1.04. The van der Waals surface area contributed by atoms with E-state index >= 15 is 0 Å². The summed E-state index contributed by atoms with van der Waals surface area (Å²) in [4.78, 5) is 0. The third kappa shape index (κ3) is 2.21. The summed E-state index contributed by atoms with van der Waals surface area (Å²) in [5.41, 5.74) is 1.86. The van der Waals surface area contributed by atoms with Crippen molar-refractivity contribution >= 4 is 48.2 Å². The van der Waals surface area contributed by atoms with Crippen LogP contribution in [0, 0.1) is 12.3 Å². The molecule has 0 amide bonds. The zero-order chi connectivity index (χ0) is 11.5. The molecule has 0 aromatic heterocycles. The van der Waals surface area contributed by atoms with Crippen LogP contribution in [0.2, 0.25) is 0 Å². The normalized spacial score (nSPS) is 9.81. The molecule has 0 bridgehead atoms. The zero-order valence-electron chi connectivity index (χ0n) is 8.37. The van der Waals surface area contributed by atoms with Gasteiger partial charge in [0.25, 0.3) is 0 Å². The SMILES string of the molecule is C#CC(=C(Br)Br)c1ccc2ccccc2c1. The first-order valence-corrected chi connectivity index (χ1v) is 6.32. The Bertz CT molecular complexity index is 599. The van der Waals surface area contributed by atoms with Gasteiger partial charge in [-0.15, -0.1) is 6.42 Å². The molecule has 0 atom stereocenters. The van der Waals surface area contributed by atoms with Crippen LogP contribution >= 0.6 is 31.9 Å². The Morgan fingerprint density at radius 3 is 2.31 bits per heavy atom. The van der Waals surface area contributed by atoms with Crippen molar-refractivity contribution in [3.63, 3.8) is 0 Å². The van der Waals surface area contributed by atoms with Crippen molar-refractivity contribution in [2.45, 2.75) is 0 Å². The van der Waals surface area contributed by atoms with Gasteiger partial charge >= 0.3 is 0 Å². The summed E-state index contributed by atoms with van der Waals surface area (Å²) in [5.74, 6) is 2.67. The van der Waals surface area contributed by atoms with Gasteiger partial charge in [0.2, 0.25) is 0 Å². The maximum absolute atomic E-state index is 5.48. The average molecular weight is 336 g/mol. The molecule has 0 fully saturated rings. The quantitative estimate of drug-likeness (QED) is 0.648. The van der Waals surface area contributed by atoms with Gasteiger partial charge in [-0.25, -0.2) is 0 Å². The predicted molar refractivity (Wildman–Crippen MR) is 77.6 cm³/mol. The number of rotatable bonds is 1. The molecule has 0 aliphatic carbocycles. The molecule has 0 N–H and O–H groups in total. The minimum atomic E-state index is 0.804. The minimum absolute atomic E-state index is 0.804. The van der Waals surface area contributed by atoms with E-state index in [1.54, 1.807) is 0 Å². The molecule has 0 unspecified atom stereocenters. The average Bonchev–Trinajstić information content (AvgIpc) is 2.29. The molecule has 0 spiro atoms. The lowest BCUT2D eigenvalue weighted by Crippen LogP contribution is -1.82. The summed E-state index contributed by atoms with van der Waals surface area (Å²) >= 11 is 6.71. The third-order valence-corrected chi connectivity index (χ3v) is 3.16. The van der Waals surface area contributed by atoms with Crippen molar-refractivity contribution in [3.8, 4) is 12.3 Å². The Morgan fingerprint density at radius 2 is 1.69 bits per heavy atom. The molecule has 0 nitrogen and oxygen atoms in total. The van der Waals surface area contributed by atoms with E-state index in [0.29, 0.717) is 0 Å². The van der Waals surface area contributed by atoms with E-state index < -0.39 is 0 Å². The first-order chi connectivity index (χ1) is 7.72. The van der Waals surface area contributed by atoms with Gasteiger partial charge in [-0.3, -0.25) is 0 Å². The molecule has 16 heavy (non-hydrogen) atoms. The molecule has 2 rings (SSSR count). The lowest BCUT2D eigenvalue weighted by Gasteiger charge is -2.03. The summed E-state index contributed by atoms with van der Waals surface area (Å²) in [6.45, 7) is 0. The second-order valence-electron chi connectivity index (χ2n) is 3.34. The maximum atomic E-state index is 5.48. The van der Waals surface area contributed by atoms with Crippen molar-refractivity contribution in [1.82, 2.24) is 0 Å². The van der Waals surface area contributed by atoms with Crippen molar-refractivity contribution in [2.24, 2.45) is 0 Å². The smallest absolute Gasteiger partial charge is 0.0766 e. The van der Waals surface area contributed by atoms with E-state index in [0.717, 1.165) is 14.5 Å². The highest BCUT2D eigenvalue weighted by Gasteiger charge is 2.03. The molecule has 0 saturated carbocycles. The molecule has 0 saturated heterocycles. The van der Waals surface area contributed by atoms with Gasteiger partial charge < -0.3 is 0 Å². The molecule has 0 heterocycles. The van der Waals surface area contributed by atoms with Gasteiger partial charge in [0.15, 0.2) is 0 Å². The van der Waals surface area contributed by atoms with Gasteiger partial charge in [-0.2, -0.15) is 0 Å². The minimum Gasteiger partial charge on any atom is -0.115 e. The molecule has 0 aliphatic heterocycles. The van der Waals surface area contributed by atoms with Gasteiger partial charge in [-0.1, -0.05) is 42.3 Å². The van der Waals surface area contributed by atoms with E-state index in [1.165, 1.54) is 10.8 Å². The van der Waals surface area contributed by atoms with Crippen LogP contribution in [0.25, 0.3) is 16.3 Å². The number of hydrogen-bond acceptors (Lipinski definition) is 0. The van der Waals surface area contributed by atoms with Crippen molar-refractivity contribution < 1.29 is 0 Å². The van der Waals surface area contributed by atoms with E-state index in [2.05, 4.69) is 62.0 Å². The number of terminal acetylenes is 1. The highest BCUT2D eigenvalue weighted by molar-refractivity contribution is 9.28. The molecule has 78 valence electrons. The van der Waals surface area contributed by atoms with E-state index in [4.69, 9.17) is 6.42 Å². The largest absolute Gasteiger partial charge is 0.115 e. The summed E-state index contributed by atoms with van der Waals surface area (Å²) < 4.78 is 0.804. The number of allylic oxidation sites excluding steroid dienone is 1. The molecule has 2 heteroatoms. The number of hydrogen-bond donors (Lipinski definition) is 0. The topological polar surface area (TPSA) is 0 Å². The lowest BCUT2D eigenvalue weighted by molar-refractivity contribution is 1.69. The fraction of sp³-hybridized carbons (Fsp3) is 0. The van der Waals surface area contributed by atoms with Crippen molar-refractivity contribution in [2.75, 3.05) is 0 Å². The monoisotopic (exact) mass is 334 g/mol. The molecule has 0 radical (unpaired) electrons. The lowest BCUT2D eigenvalue weighted by atomic mass is 10.0. The van der Waals surface area contributed by atoms with Gasteiger partial charge in [0, 0.05) is 0 Å². The Labute approximate surface area is 112 Å². The number of benzene rings is 2. The fourth-order valence-corrected chi connectivity index (χ4v) is 2.28.